The molecule has 1 saturated carbocycles. The van der Waals surface area contributed by atoms with Crippen LogP contribution in [0.1, 0.15) is 38.3 Å². The minimum atomic E-state index is 0.0169. The second-order valence-corrected chi connectivity index (χ2v) is 7.10. The molecule has 126 valence electrons. The van der Waals surface area contributed by atoms with Crippen LogP contribution in [0.4, 0.5) is 11.5 Å². The molecule has 4 rings (SSSR count). The second-order valence-electron chi connectivity index (χ2n) is 7.10. The number of para-hydroxylation sites is 1. The minimum Gasteiger partial charge on any atom is -0.359 e. The Balaban J connectivity index is 1.45. The molecule has 0 radical (unpaired) electrons. The number of aromatic nitrogens is 2. The number of rotatable bonds is 5. The van der Waals surface area contributed by atoms with Crippen molar-refractivity contribution in [3.05, 3.63) is 42.1 Å². The van der Waals surface area contributed by atoms with Crippen LogP contribution in [0.25, 0.3) is 0 Å². The van der Waals surface area contributed by atoms with Gasteiger partial charge in [-0.05, 0) is 50.7 Å². The molecule has 1 fully saturated rings. The first kappa shape index (κ1) is 15.2. The second kappa shape index (κ2) is 5.96. The van der Waals surface area contributed by atoms with Crippen LogP contribution in [0.15, 0.2) is 36.5 Å². The van der Waals surface area contributed by atoms with Gasteiger partial charge in [-0.25, -0.2) is 4.68 Å². The van der Waals surface area contributed by atoms with Crippen molar-refractivity contribution in [3.63, 3.8) is 0 Å². The summed E-state index contributed by atoms with van der Waals surface area (Å²) in [6.07, 6.45) is 5.29. The first-order chi connectivity index (χ1) is 11.6. The summed E-state index contributed by atoms with van der Waals surface area (Å²) in [7, 11) is 0. The van der Waals surface area contributed by atoms with Crippen LogP contribution in [0.5, 0.6) is 0 Å². The summed E-state index contributed by atoms with van der Waals surface area (Å²) in [6.45, 7) is 4.73. The Morgan fingerprint density at radius 1 is 1.33 bits per heavy atom. The van der Waals surface area contributed by atoms with Crippen molar-refractivity contribution < 1.29 is 4.79 Å². The molecule has 5 nitrogen and oxygen atoms in total. The van der Waals surface area contributed by atoms with Crippen molar-refractivity contribution in [2.75, 3.05) is 16.8 Å². The molecule has 1 amide bonds. The van der Waals surface area contributed by atoms with Crippen molar-refractivity contribution in [1.82, 2.24) is 9.78 Å². The summed E-state index contributed by atoms with van der Waals surface area (Å²) in [6, 6.07) is 10.9. The molecule has 1 aliphatic carbocycles. The zero-order valence-electron chi connectivity index (χ0n) is 14.3. The Hall–Kier alpha value is -2.30. The standard InChI is InChI=1S/C19H24N4O/c1-13-11-16-5-3-4-6-17(16)22(13)12-19(24)21-18-9-10-20-23(18)14(2)15-7-8-15/h3-6,9-10,13-15H,7-8,11-12H2,1-2H3,(H,21,24). The fraction of sp³-hybridized carbons (Fsp3) is 0.474. The zero-order chi connectivity index (χ0) is 16.7. The maximum absolute atomic E-state index is 12.6. The minimum absolute atomic E-state index is 0.0169. The third-order valence-electron chi connectivity index (χ3n) is 5.29. The molecule has 0 spiro atoms. The SMILES string of the molecule is CC1Cc2ccccc2N1CC(=O)Nc1ccnn1C(C)C1CC1. The number of benzene rings is 1. The van der Waals surface area contributed by atoms with E-state index in [4.69, 9.17) is 0 Å². The van der Waals surface area contributed by atoms with Crippen LogP contribution in [0.3, 0.4) is 0 Å². The van der Waals surface area contributed by atoms with Gasteiger partial charge in [0.05, 0.1) is 18.8 Å². The van der Waals surface area contributed by atoms with Crippen molar-refractivity contribution in [2.45, 2.75) is 45.2 Å². The highest BCUT2D eigenvalue weighted by Gasteiger charge is 2.31. The molecule has 0 bridgehead atoms. The number of fused-ring (bicyclic) bond motifs is 1. The van der Waals surface area contributed by atoms with Crippen molar-refractivity contribution in [3.8, 4) is 0 Å². The maximum atomic E-state index is 12.6. The lowest BCUT2D eigenvalue weighted by Gasteiger charge is -2.24. The van der Waals surface area contributed by atoms with Crippen molar-refractivity contribution >= 4 is 17.4 Å². The third kappa shape index (κ3) is 2.79. The highest BCUT2D eigenvalue weighted by molar-refractivity contribution is 5.93. The van der Waals surface area contributed by atoms with E-state index in [0.717, 1.165) is 12.2 Å². The fourth-order valence-electron chi connectivity index (χ4n) is 3.72. The molecule has 1 aliphatic heterocycles. The average Bonchev–Trinajstić information content (AvgIpc) is 3.25. The molecule has 1 N–H and O–H groups in total. The summed E-state index contributed by atoms with van der Waals surface area (Å²) < 4.78 is 1.96. The van der Waals surface area contributed by atoms with Crippen LogP contribution < -0.4 is 10.2 Å². The van der Waals surface area contributed by atoms with Crippen molar-refractivity contribution in [2.24, 2.45) is 5.92 Å². The van der Waals surface area contributed by atoms with Gasteiger partial charge in [-0.1, -0.05) is 18.2 Å². The molecule has 2 atom stereocenters. The summed E-state index contributed by atoms with van der Waals surface area (Å²) in [5.41, 5.74) is 2.50. The smallest absolute Gasteiger partial charge is 0.245 e. The monoisotopic (exact) mass is 324 g/mol. The number of carbonyl (C=O) groups is 1. The number of anilines is 2. The highest BCUT2D eigenvalue weighted by atomic mass is 16.2. The Morgan fingerprint density at radius 3 is 2.92 bits per heavy atom. The number of hydrogen-bond acceptors (Lipinski definition) is 3. The van der Waals surface area contributed by atoms with Gasteiger partial charge in [0.2, 0.25) is 5.91 Å². The highest BCUT2D eigenvalue weighted by Crippen LogP contribution is 2.40. The predicted molar refractivity (Wildman–Crippen MR) is 95.2 cm³/mol. The topological polar surface area (TPSA) is 50.2 Å². The molecule has 24 heavy (non-hydrogen) atoms. The van der Waals surface area contributed by atoms with Crippen LogP contribution >= 0.6 is 0 Å². The molecule has 2 heterocycles. The van der Waals surface area contributed by atoms with Gasteiger partial charge in [-0.2, -0.15) is 5.10 Å². The van der Waals surface area contributed by atoms with Gasteiger partial charge in [0.1, 0.15) is 5.82 Å². The van der Waals surface area contributed by atoms with Gasteiger partial charge in [0, 0.05) is 17.8 Å². The molecule has 0 saturated heterocycles. The molecular formula is C19H24N4O. The number of nitrogens with one attached hydrogen (secondary N) is 1. The number of nitrogens with zero attached hydrogens (tertiary/aromatic N) is 3. The summed E-state index contributed by atoms with van der Waals surface area (Å²) >= 11 is 0. The van der Waals surface area contributed by atoms with Gasteiger partial charge >= 0.3 is 0 Å². The van der Waals surface area contributed by atoms with Gasteiger partial charge in [-0.3, -0.25) is 4.79 Å². The first-order valence-electron chi connectivity index (χ1n) is 8.81. The van der Waals surface area contributed by atoms with E-state index >= 15 is 0 Å². The summed E-state index contributed by atoms with van der Waals surface area (Å²) in [5, 5.41) is 7.45. The lowest BCUT2D eigenvalue weighted by atomic mass is 10.1. The van der Waals surface area contributed by atoms with Gasteiger partial charge in [0.25, 0.3) is 0 Å². The van der Waals surface area contributed by atoms with E-state index in [0.29, 0.717) is 24.5 Å². The Kier molecular flexibility index (Phi) is 3.79. The molecule has 5 heteroatoms. The summed E-state index contributed by atoms with van der Waals surface area (Å²) in [5.74, 6) is 1.52. The van der Waals surface area contributed by atoms with Gasteiger partial charge in [0.15, 0.2) is 0 Å². The van der Waals surface area contributed by atoms with Gasteiger partial charge < -0.3 is 10.2 Å². The number of hydrogen-bond donors (Lipinski definition) is 1. The lowest BCUT2D eigenvalue weighted by molar-refractivity contribution is -0.115. The Morgan fingerprint density at radius 2 is 2.12 bits per heavy atom. The largest absolute Gasteiger partial charge is 0.359 e. The summed E-state index contributed by atoms with van der Waals surface area (Å²) in [4.78, 5) is 14.8. The van der Waals surface area contributed by atoms with E-state index in [1.54, 1.807) is 6.20 Å². The van der Waals surface area contributed by atoms with E-state index in [-0.39, 0.29) is 5.91 Å². The van der Waals surface area contributed by atoms with E-state index in [1.807, 2.05) is 16.8 Å². The quantitative estimate of drug-likeness (QED) is 0.918. The molecular weight excluding hydrogens is 300 g/mol. The van der Waals surface area contributed by atoms with E-state index < -0.39 is 0 Å². The number of amides is 1. The van der Waals surface area contributed by atoms with Gasteiger partial charge in [-0.15, -0.1) is 0 Å². The molecule has 1 aromatic carbocycles. The Labute approximate surface area is 142 Å². The molecule has 1 aromatic heterocycles. The van der Waals surface area contributed by atoms with Crippen molar-refractivity contribution in [1.29, 1.82) is 0 Å². The van der Waals surface area contributed by atoms with E-state index in [1.165, 1.54) is 24.1 Å². The Bertz CT molecular complexity index is 749. The molecule has 2 aliphatic rings. The zero-order valence-corrected chi connectivity index (χ0v) is 14.3. The average molecular weight is 324 g/mol. The fourth-order valence-corrected chi connectivity index (χ4v) is 3.72. The van der Waals surface area contributed by atoms with E-state index in [9.17, 15) is 4.79 Å². The van der Waals surface area contributed by atoms with E-state index in [2.05, 4.69) is 47.4 Å². The maximum Gasteiger partial charge on any atom is 0.245 e. The first-order valence-corrected chi connectivity index (χ1v) is 8.81. The van der Waals surface area contributed by atoms with Crippen LogP contribution in [-0.4, -0.2) is 28.3 Å². The van der Waals surface area contributed by atoms with Crippen LogP contribution in [0, 0.1) is 5.92 Å². The molecule has 2 unspecified atom stereocenters. The van der Waals surface area contributed by atoms with Crippen LogP contribution in [0.2, 0.25) is 0 Å². The number of carbonyl (C=O) groups excluding carboxylic acids is 1. The predicted octanol–water partition coefficient (Wildman–Crippen LogP) is 3.24. The molecule has 2 aromatic rings. The van der Waals surface area contributed by atoms with Crippen LogP contribution in [-0.2, 0) is 11.2 Å². The normalized spacial score (nSPS) is 20.8. The lowest BCUT2D eigenvalue weighted by Crippen LogP contribution is -2.37. The third-order valence-corrected chi connectivity index (χ3v) is 5.29.